The molecule has 1 saturated heterocycles. The van der Waals surface area contributed by atoms with E-state index in [1.54, 1.807) is 0 Å². The van der Waals surface area contributed by atoms with Gasteiger partial charge in [0.05, 0.1) is 17.5 Å². The van der Waals surface area contributed by atoms with E-state index in [2.05, 4.69) is 6.92 Å². The molecule has 33 heavy (non-hydrogen) atoms. The van der Waals surface area contributed by atoms with Crippen molar-refractivity contribution in [2.45, 2.75) is 96.8 Å². The van der Waals surface area contributed by atoms with Crippen LogP contribution >= 0.6 is 0 Å². The first-order valence-electron chi connectivity index (χ1n) is 13.2. The Morgan fingerprint density at radius 3 is 1.76 bits per heavy atom. The lowest BCUT2D eigenvalue weighted by molar-refractivity contribution is -0.137. The van der Waals surface area contributed by atoms with Crippen LogP contribution < -0.4 is 4.90 Å². The molecule has 1 aliphatic heterocycles. The number of aliphatic carboxylic acids is 1. The maximum Gasteiger partial charge on any atom is 0.303 e. The van der Waals surface area contributed by atoms with Crippen LogP contribution in [0.4, 0.5) is 5.69 Å². The van der Waals surface area contributed by atoms with E-state index in [0.717, 1.165) is 51.4 Å². The van der Waals surface area contributed by atoms with E-state index in [1.165, 1.54) is 37.0 Å². The normalized spacial score (nSPS) is 24.1. The summed E-state index contributed by atoms with van der Waals surface area (Å²) in [5, 5.41) is 8.76. The smallest absolute Gasteiger partial charge is 0.303 e. The molecule has 1 heterocycles. The number of anilines is 1. The second-order valence-electron chi connectivity index (χ2n) is 9.98. The van der Waals surface area contributed by atoms with Crippen molar-refractivity contribution in [3.05, 3.63) is 30.3 Å². The lowest BCUT2D eigenvalue weighted by Crippen LogP contribution is -2.48. The summed E-state index contributed by atoms with van der Waals surface area (Å²) in [6, 6.07) is 9.38. The molecule has 1 aromatic carbocycles. The minimum atomic E-state index is -0.722. The fraction of sp³-hybridized carbons (Fsp3) is 0.679. The van der Waals surface area contributed by atoms with Crippen molar-refractivity contribution < 1.29 is 19.5 Å². The average Bonchev–Trinajstić information content (AvgIpc) is 3.01. The lowest BCUT2D eigenvalue weighted by atomic mass is 9.55. The van der Waals surface area contributed by atoms with Gasteiger partial charge in [0, 0.05) is 6.42 Å². The largest absolute Gasteiger partial charge is 0.481 e. The van der Waals surface area contributed by atoms with Crippen LogP contribution in [0.15, 0.2) is 30.3 Å². The molecule has 182 valence electrons. The average molecular weight is 456 g/mol. The predicted molar refractivity (Wildman–Crippen MR) is 131 cm³/mol. The first-order chi connectivity index (χ1) is 16.1. The fourth-order valence-corrected chi connectivity index (χ4v) is 5.97. The van der Waals surface area contributed by atoms with Gasteiger partial charge in [-0.3, -0.25) is 19.3 Å². The molecular formula is C28H41NO4. The molecular weight excluding hydrogens is 414 g/mol. The number of benzene rings is 1. The highest BCUT2D eigenvalue weighted by atomic mass is 16.4. The number of unbranched alkanes of at least 4 members (excludes halogenated alkanes) is 9. The van der Waals surface area contributed by atoms with Gasteiger partial charge >= 0.3 is 5.97 Å². The van der Waals surface area contributed by atoms with Crippen LogP contribution in [0.1, 0.15) is 96.8 Å². The quantitative estimate of drug-likeness (QED) is 0.225. The Hall–Kier alpha value is -2.17. The highest BCUT2D eigenvalue weighted by Gasteiger charge is 2.63. The van der Waals surface area contributed by atoms with Gasteiger partial charge in [-0.15, -0.1) is 0 Å². The van der Waals surface area contributed by atoms with E-state index >= 15 is 0 Å². The molecule has 2 amide bonds. The maximum absolute atomic E-state index is 13.3. The summed E-state index contributed by atoms with van der Waals surface area (Å²) in [6.07, 6.45) is 14.6. The molecule has 5 nitrogen and oxygen atoms in total. The van der Waals surface area contributed by atoms with Crippen LogP contribution in [0.2, 0.25) is 0 Å². The standard InChI is InChI=1S/C28H41NO4/c1-2-3-4-5-7-13-18-22-23(19-14-8-6-9-15-20-24(30)31)26-25(22)27(32)29(28(26)33)21-16-11-10-12-17-21/h10-12,16-17,22-23,25-26H,2-9,13-15,18-20H2,1H3,(H,30,31)/t22-,23+,25+,26-/m1/s1. The van der Waals surface area contributed by atoms with E-state index in [0.29, 0.717) is 17.5 Å². The van der Waals surface area contributed by atoms with E-state index in [9.17, 15) is 14.4 Å². The van der Waals surface area contributed by atoms with E-state index in [-0.39, 0.29) is 30.1 Å². The number of nitrogens with zero attached hydrogens (tertiary/aromatic N) is 1. The third-order valence-electron chi connectivity index (χ3n) is 7.70. The number of amides is 2. The summed E-state index contributed by atoms with van der Waals surface area (Å²) in [5.41, 5.74) is 0.706. The van der Waals surface area contributed by atoms with Crippen LogP contribution in [0.5, 0.6) is 0 Å². The Labute approximate surface area is 198 Å². The van der Waals surface area contributed by atoms with Gasteiger partial charge in [0.2, 0.25) is 11.8 Å². The Kier molecular flexibility index (Phi) is 9.95. The summed E-state index contributed by atoms with van der Waals surface area (Å²) in [7, 11) is 0. The summed E-state index contributed by atoms with van der Waals surface area (Å²) in [5.74, 6) is -0.337. The zero-order valence-electron chi connectivity index (χ0n) is 20.2. The van der Waals surface area contributed by atoms with Crippen LogP contribution in [0.25, 0.3) is 0 Å². The molecule has 0 unspecified atom stereocenters. The fourth-order valence-electron chi connectivity index (χ4n) is 5.97. The molecule has 1 aromatic rings. The number of para-hydroxylation sites is 1. The molecule has 0 bridgehead atoms. The topological polar surface area (TPSA) is 74.7 Å². The van der Waals surface area contributed by atoms with Crippen molar-refractivity contribution in [2.75, 3.05) is 4.90 Å². The second kappa shape index (κ2) is 12.9. The number of fused-ring (bicyclic) bond motifs is 1. The van der Waals surface area contributed by atoms with Crippen LogP contribution in [-0.2, 0) is 14.4 Å². The third kappa shape index (κ3) is 6.45. The van der Waals surface area contributed by atoms with Crippen LogP contribution in [0.3, 0.4) is 0 Å². The van der Waals surface area contributed by atoms with Crippen LogP contribution in [0, 0.1) is 23.7 Å². The summed E-state index contributed by atoms with van der Waals surface area (Å²) >= 11 is 0. The van der Waals surface area contributed by atoms with Crippen molar-refractivity contribution in [1.82, 2.24) is 0 Å². The van der Waals surface area contributed by atoms with Crippen molar-refractivity contribution >= 4 is 23.5 Å². The number of carboxylic acid groups (broad SMARTS) is 1. The Morgan fingerprint density at radius 1 is 0.758 bits per heavy atom. The Balaban J connectivity index is 1.55. The summed E-state index contributed by atoms with van der Waals surface area (Å²) < 4.78 is 0. The molecule has 2 aliphatic rings. The summed E-state index contributed by atoms with van der Waals surface area (Å²) in [4.78, 5) is 38.6. The van der Waals surface area contributed by atoms with Gasteiger partial charge in [-0.2, -0.15) is 0 Å². The minimum Gasteiger partial charge on any atom is -0.481 e. The third-order valence-corrected chi connectivity index (χ3v) is 7.70. The van der Waals surface area contributed by atoms with Gasteiger partial charge < -0.3 is 5.11 Å². The van der Waals surface area contributed by atoms with Crippen molar-refractivity contribution in [3.8, 4) is 0 Å². The SMILES string of the molecule is CCCCCCCC[C@@H]1[C@H](CCCCCCCC(=O)O)[C@H]2C(=O)N(c3ccccc3)C(=O)[C@@H]12. The zero-order valence-corrected chi connectivity index (χ0v) is 20.2. The number of hydrogen-bond donors (Lipinski definition) is 1. The molecule has 0 spiro atoms. The van der Waals surface area contributed by atoms with Crippen molar-refractivity contribution in [3.63, 3.8) is 0 Å². The number of carboxylic acids is 1. The molecule has 4 atom stereocenters. The number of hydrogen-bond acceptors (Lipinski definition) is 3. The van der Waals surface area contributed by atoms with Gasteiger partial charge in [-0.25, -0.2) is 0 Å². The lowest BCUT2D eigenvalue weighted by Gasteiger charge is -2.46. The summed E-state index contributed by atoms with van der Waals surface area (Å²) in [6.45, 7) is 2.23. The monoisotopic (exact) mass is 455 g/mol. The first kappa shape index (κ1) is 25.5. The van der Waals surface area contributed by atoms with Gasteiger partial charge in [0.25, 0.3) is 0 Å². The van der Waals surface area contributed by atoms with Crippen molar-refractivity contribution in [1.29, 1.82) is 0 Å². The molecule has 1 N–H and O–H groups in total. The highest BCUT2D eigenvalue weighted by molar-refractivity contribution is 6.23. The van der Waals surface area contributed by atoms with Gasteiger partial charge in [0.15, 0.2) is 0 Å². The molecule has 1 saturated carbocycles. The second-order valence-corrected chi connectivity index (χ2v) is 9.98. The number of carbonyl (C=O) groups is 3. The predicted octanol–water partition coefficient (Wildman–Crippen LogP) is 6.60. The first-order valence-corrected chi connectivity index (χ1v) is 13.2. The number of rotatable bonds is 16. The van der Waals surface area contributed by atoms with Crippen LogP contribution in [-0.4, -0.2) is 22.9 Å². The maximum atomic E-state index is 13.3. The molecule has 5 heteroatoms. The van der Waals surface area contributed by atoms with E-state index in [4.69, 9.17) is 5.11 Å². The highest BCUT2D eigenvalue weighted by Crippen LogP contribution is 2.56. The molecule has 3 rings (SSSR count). The Morgan fingerprint density at radius 2 is 1.24 bits per heavy atom. The minimum absolute atomic E-state index is 0.00172. The number of imide groups is 1. The molecule has 2 fully saturated rings. The number of carbonyl (C=O) groups excluding carboxylic acids is 2. The Bertz CT molecular complexity index is 777. The van der Waals surface area contributed by atoms with Gasteiger partial charge in [-0.05, 0) is 43.2 Å². The zero-order chi connectivity index (χ0) is 23.6. The molecule has 0 radical (unpaired) electrons. The van der Waals surface area contributed by atoms with Gasteiger partial charge in [-0.1, -0.05) is 89.3 Å². The van der Waals surface area contributed by atoms with E-state index in [1.807, 2.05) is 30.3 Å². The van der Waals surface area contributed by atoms with E-state index < -0.39 is 5.97 Å². The van der Waals surface area contributed by atoms with Crippen molar-refractivity contribution in [2.24, 2.45) is 23.7 Å². The molecule has 0 aromatic heterocycles. The molecule has 1 aliphatic carbocycles. The van der Waals surface area contributed by atoms with Gasteiger partial charge in [0.1, 0.15) is 0 Å².